The summed E-state index contributed by atoms with van der Waals surface area (Å²) in [6, 6.07) is 82.0. The topological polar surface area (TPSA) is 3.24 Å². The smallest absolute Gasteiger partial charge is 0.0467 e. The van der Waals surface area contributed by atoms with Crippen molar-refractivity contribution < 1.29 is 0 Å². The van der Waals surface area contributed by atoms with Crippen LogP contribution in [0, 0.1) is 0 Å². The quantitative estimate of drug-likeness (QED) is 0.154. The molecule has 0 aliphatic rings. The SMILES string of the molecule is c1ccc(-c2cccc(N(c3ccc(-c4cc5ccccc5c5ccccc45)cc3)c3ccc(-c4cccc5ccc6ccc7ccccc7c6c45)cc3)c2)cc1. The van der Waals surface area contributed by atoms with Gasteiger partial charge >= 0.3 is 0 Å². The Morgan fingerprint density at radius 2 is 0.754 bits per heavy atom. The fraction of sp³-hybridized carbons (Fsp3) is 0. The minimum atomic E-state index is 1.10. The molecule has 11 rings (SSSR count). The summed E-state index contributed by atoms with van der Waals surface area (Å²) >= 11 is 0. The van der Waals surface area contributed by atoms with Crippen molar-refractivity contribution in [1.29, 1.82) is 0 Å². The number of benzene rings is 11. The van der Waals surface area contributed by atoms with Gasteiger partial charge in [-0.1, -0.05) is 182 Å². The van der Waals surface area contributed by atoms with Crippen LogP contribution in [0.25, 0.3) is 87.2 Å². The first kappa shape index (κ1) is 32.9. The minimum absolute atomic E-state index is 1.10. The highest BCUT2D eigenvalue weighted by Crippen LogP contribution is 2.42. The van der Waals surface area contributed by atoms with Crippen LogP contribution in [0.3, 0.4) is 0 Å². The first-order valence-electron chi connectivity index (χ1n) is 19.7. The van der Waals surface area contributed by atoms with E-state index >= 15 is 0 Å². The second kappa shape index (κ2) is 13.7. The third-order valence-electron chi connectivity index (χ3n) is 11.6. The van der Waals surface area contributed by atoms with E-state index in [0.29, 0.717) is 0 Å². The fourth-order valence-corrected chi connectivity index (χ4v) is 8.89. The van der Waals surface area contributed by atoms with E-state index in [-0.39, 0.29) is 0 Å². The normalized spacial score (nSPS) is 11.5. The van der Waals surface area contributed by atoms with Gasteiger partial charge in [-0.15, -0.1) is 0 Å². The zero-order valence-electron chi connectivity index (χ0n) is 31.3. The minimum Gasteiger partial charge on any atom is -0.310 e. The van der Waals surface area contributed by atoms with Crippen molar-refractivity contribution in [2.45, 2.75) is 0 Å². The van der Waals surface area contributed by atoms with Crippen molar-refractivity contribution in [1.82, 2.24) is 0 Å². The van der Waals surface area contributed by atoms with Crippen LogP contribution in [0.2, 0.25) is 0 Å². The molecular weight excluding hydrogens is 687 g/mol. The van der Waals surface area contributed by atoms with Gasteiger partial charge in [0, 0.05) is 17.1 Å². The Kier molecular flexibility index (Phi) is 7.89. The molecule has 57 heavy (non-hydrogen) atoms. The second-order valence-corrected chi connectivity index (χ2v) is 14.9. The lowest BCUT2D eigenvalue weighted by Crippen LogP contribution is -2.10. The van der Waals surface area contributed by atoms with Gasteiger partial charge in [0.05, 0.1) is 0 Å². The number of hydrogen-bond acceptors (Lipinski definition) is 1. The van der Waals surface area contributed by atoms with Gasteiger partial charge in [-0.25, -0.2) is 0 Å². The highest BCUT2D eigenvalue weighted by atomic mass is 15.1. The standard InChI is InChI=1S/C56H37N/c1-2-12-38(13-3-1)44-17-10-18-48(36-44)57(47-34-30-41(31-35-47)54-37-45-15-5-6-19-49(45)52-21-8-9-22-53(52)54)46-32-28-40(29-33-46)51-23-11-16-42-26-27-43-25-24-39-14-4-7-20-50(39)56(43)55(42)51/h1-37H. The molecule has 0 unspecified atom stereocenters. The van der Waals surface area contributed by atoms with E-state index in [1.807, 2.05) is 0 Å². The van der Waals surface area contributed by atoms with Gasteiger partial charge < -0.3 is 4.90 Å². The van der Waals surface area contributed by atoms with Crippen molar-refractivity contribution in [3.63, 3.8) is 0 Å². The summed E-state index contributed by atoms with van der Waals surface area (Å²) in [6.07, 6.45) is 0. The first-order chi connectivity index (χ1) is 28.3. The molecule has 0 atom stereocenters. The van der Waals surface area contributed by atoms with Gasteiger partial charge in [0.15, 0.2) is 0 Å². The third kappa shape index (κ3) is 5.72. The van der Waals surface area contributed by atoms with Crippen LogP contribution in [0.15, 0.2) is 224 Å². The maximum Gasteiger partial charge on any atom is 0.0467 e. The van der Waals surface area contributed by atoms with Gasteiger partial charge in [-0.3, -0.25) is 0 Å². The molecular formula is C56H37N. The van der Waals surface area contributed by atoms with Crippen LogP contribution in [-0.4, -0.2) is 0 Å². The molecule has 0 heterocycles. The molecule has 0 aliphatic carbocycles. The fourth-order valence-electron chi connectivity index (χ4n) is 8.89. The lowest BCUT2D eigenvalue weighted by molar-refractivity contribution is 1.28. The lowest BCUT2D eigenvalue weighted by Gasteiger charge is -2.26. The molecule has 0 amide bonds. The zero-order chi connectivity index (χ0) is 37.7. The molecule has 0 saturated heterocycles. The molecule has 0 fully saturated rings. The maximum absolute atomic E-state index is 2.38. The number of anilines is 3. The van der Waals surface area contributed by atoms with Crippen molar-refractivity contribution in [3.05, 3.63) is 224 Å². The lowest BCUT2D eigenvalue weighted by atomic mass is 9.91. The van der Waals surface area contributed by atoms with E-state index < -0.39 is 0 Å². The van der Waals surface area contributed by atoms with Crippen molar-refractivity contribution in [3.8, 4) is 33.4 Å². The molecule has 11 aromatic carbocycles. The van der Waals surface area contributed by atoms with E-state index in [2.05, 4.69) is 229 Å². The number of hydrogen-bond donors (Lipinski definition) is 0. The maximum atomic E-state index is 2.38. The highest BCUT2D eigenvalue weighted by molar-refractivity contribution is 6.24. The Hall–Kier alpha value is -7.48. The molecule has 0 N–H and O–H groups in total. The Balaban J connectivity index is 1.05. The molecule has 1 heteroatoms. The summed E-state index contributed by atoms with van der Waals surface area (Å²) in [4.78, 5) is 2.38. The molecule has 11 aromatic rings. The van der Waals surface area contributed by atoms with Crippen LogP contribution in [-0.2, 0) is 0 Å². The van der Waals surface area contributed by atoms with E-state index in [9.17, 15) is 0 Å². The van der Waals surface area contributed by atoms with Gasteiger partial charge in [0.1, 0.15) is 0 Å². The Morgan fingerprint density at radius 3 is 1.49 bits per heavy atom. The Morgan fingerprint density at radius 1 is 0.228 bits per heavy atom. The van der Waals surface area contributed by atoms with Crippen molar-refractivity contribution in [2.75, 3.05) is 4.90 Å². The number of rotatable bonds is 6. The average Bonchev–Trinajstić information content (AvgIpc) is 3.29. The molecule has 0 aromatic heterocycles. The summed E-state index contributed by atoms with van der Waals surface area (Å²) in [5.41, 5.74) is 10.6. The zero-order valence-corrected chi connectivity index (χ0v) is 31.3. The predicted octanol–water partition coefficient (Wildman–Crippen LogP) is 15.9. The summed E-state index contributed by atoms with van der Waals surface area (Å²) < 4.78 is 0. The molecule has 1 nitrogen and oxygen atoms in total. The average molecular weight is 724 g/mol. The predicted molar refractivity (Wildman–Crippen MR) is 245 cm³/mol. The highest BCUT2D eigenvalue weighted by Gasteiger charge is 2.17. The largest absolute Gasteiger partial charge is 0.310 e. The monoisotopic (exact) mass is 723 g/mol. The van der Waals surface area contributed by atoms with Gasteiger partial charge in [0.2, 0.25) is 0 Å². The molecule has 0 spiro atoms. The van der Waals surface area contributed by atoms with E-state index in [1.165, 1.54) is 87.2 Å². The summed E-state index contributed by atoms with van der Waals surface area (Å²) in [6.45, 7) is 0. The van der Waals surface area contributed by atoms with E-state index in [1.54, 1.807) is 0 Å². The van der Waals surface area contributed by atoms with Crippen LogP contribution < -0.4 is 4.90 Å². The molecule has 0 bridgehead atoms. The summed E-state index contributed by atoms with van der Waals surface area (Å²) in [5.74, 6) is 0. The molecule has 0 radical (unpaired) electrons. The molecule has 0 saturated carbocycles. The van der Waals surface area contributed by atoms with Gasteiger partial charge in [-0.2, -0.15) is 0 Å². The molecule has 266 valence electrons. The van der Waals surface area contributed by atoms with Gasteiger partial charge in [-0.05, 0) is 130 Å². The summed E-state index contributed by atoms with van der Waals surface area (Å²) in [5, 5.41) is 12.7. The van der Waals surface area contributed by atoms with Crippen molar-refractivity contribution in [2.24, 2.45) is 0 Å². The molecule has 0 aliphatic heterocycles. The number of fused-ring (bicyclic) bond motifs is 8. The second-order valence-electron chi connectivity index (χ2n) is 14.9. The first-order valence-corrected chi connectivity index (χ1v) is 19.7. The van der Waals surface area contributed by atoms with E-state index in [4.69, 9.17) is 0 Å². The Bertz CT molecular complexity index is 3270. The van der Waals surface area contributed by atoms with Crippen LogP contribution >= 0.6 is 0 Å². The van der Waals surface area contributed by atoms with Crippen LogP contribution in [0.1, 0.15) is 0 Å². The van der Waals surface area contributed by atoms with Crippen molar-refractivity contribution >= 4 is 70.9 Å². The van der Waals surface area contributed by atoms with Gasteiger partial charge in [0.25, 0.3) is 0 Å². The van der Waals surface area contributed by atoms with E-state index in [0.717, 1.165) is 17.1 Å². The van der Waals surface area contributed by atoms with Crippen LogP contribution in [0.5, 0.6) is 0 Å². The summed E-state index contributed by atoms with van der Waals surface area (Å²) in [7, 11) is 0. The van der Waals surface area contributed by atoms with Crippen LogP contribution in [0.4, 0.5) is 17.1 Å². The number of nitrogens with zero attached hydrogens (tertiary/aromatic N) is 1. The third-order valence-corrected chi connectivity index (χ3v) is 11.6. The Labute approximate surface area is 332 Å².